The Labute approximate surface area is 84.6 Å². The Kier molecular flexibility index (Phi) is 2.14. The monoisotopic (exact) mass is 211 g/mol. The van der Waals surface area contributed by atoms with E-state index in [-0.39, 0.29) is 5.52 Å². The minimum atomic E-state index is -4.35. The van der Waals surface area contributed by atoms with Gasteiger partial charge >= 0.3 is 6.18 Å². The Morgan fingerprint density at radius 2 is 1.80 bits per heavy atom. The van der Waals surface area contributed by atoms with Gasteiger partial charge in [-0.05, 0) is 19.1 Å². The second-order valence-corrected chi connectivity index (χ2v) is 3.33. The number of rotatable bonds is 0. The maximum Gasteiger partial charge on any atom is 0.418 e. The van der Waals surface area contributed by atoms with E-state index >= 15 is 0 Å². The fourth-order valence-corrected chi connectivity index (χ4v) is 1.47. The summed E-state index contributed by atoms with van der Waals surface area (Å²) in [7, 11) is 0. The average molecular weight is 211 g/mol. The molecule has 0 saturated carbocycles. The van der Waals surface area contributed by atoms with Crippen LogP contribution in [0, 0.1) is 6.92 Å². The highest BCUT2D eigenvalue weighted by Crippen LogP contribution is 2.33. The first kappa shape index (κ1) is 9.96. The third-order valence-electron chi connectivity index (χ3n) is 2.16. The number of aromatic nitrogens is 1. The smallest absolute Gasteiger partial charge is 0.253 e. The fraction of sp³-hybridized carbons (Fsp3) is 0.182. The summed E-state index contributed by atoms with van der Waals surface area (Å²) < 4.78 is 37.8. The molecule has 0 unspecified atom stereocenters. The zero-order valence-corrected chi connectivity index (χ0v) is 7.97. The number of hydrogen-bond donors (Lipinski definition) is 0. The van der Waals surface area contributed by atoms with Crippen molar-refractivity contribution in [2.75, 3.05) is 0 Å². The predicted octanol–water partition coefficient (Wildman–Crippen LogP) is 3.56. The first-order chi connectivity index (χ1) is 6.98. The second-order valence-electron chi connectivity index (χ2n) is 3.33. The summed E-state index contributed by atoms with van der Waals surface area (Å²) in [6.45, 7) is 1.67. The molecule has 0 bridgehead atoms. The van der Waals surface area contributed by atoms with Crippen molar-refractivity contribution in [3.8, 4) is 0 Å². The van der Waals surface area contributed by atoms with Crippen LogP contribution in [0.1, 0.15) is 11.3 Å². The number of pyridine rings is 1. The van der Waals surface area contributed by atoms with Crippen molar-refractivity contribution in [2.24, 2.45) is 0 Å². The standard InChI is InChI=1S/C11H8F3N/c1-7-5-6-8-3-2-4-9(10(8)15-7)11(12,13)14/h2-6H,1H3. The van der Waals surface area contributed by atoms with Gasteiger partial charge in [-0.25, -0.2) is 0 Å². The van der Waals surface area contributed by atoms with E-state index in [1.54, 1.807) is 25.1 Å². The van der Waals surface area contributed by atoms with Crippen molar-refractivity contribution in [3.63, 3.8) is 0 Å². The molecule has 2 aromatic rings. The molecule has 0 aliphatic carbocycles. The molecule has 0 amide bonds. The van der Waals surface area contributed by atoms with Gasteiger partial charge in [-0.15, -0.1) is 0 Å². The lowest BCUT2D eigenvalue weighted by molar-refractivity contribution is -0.136. The molecular weight excluding hydrogens is 203 g/mol. The molecule has 0 N–H and O–H groups in total. The highest BCUT2D eigenvalue weighted by Gasteiger charge is 2.32. The molecule has 1 aromatic heterocycles. The number of fused-ring (bicyclic) bond motifs is 1. The number of para-hydroxylation sites is 1. The van der Waals surface area contributed by atoms with E-state index in [2.05, 4.69) is 4.98 Å². The third kappa shape index (κ3) is 1.79. The summed E-state index contributed by atoms with van der Waals surface area (Å²) in [6.07, 6.45) is -4.35. The van der Waals surface area contributed by atoms with Gasteiger partial charge in [-0.2, -0.15) is 13.2 Å². The van der Waals surface area contributed by atoms with E-state index in [4.69, 9.17) is 0 Å². The molecule has 0 aliphatic heterocycles. The van der Waals surface area contributed by atoms with Gasteiger partial charge in [0.1, 0.15) is 0 Å². The van der Waals surface area contributed by atoms with Crippen molar-refractivity contribution >= 4 is 10.9 Å². The maximum atomic E-state index is 12.6. The van der Waals surface area contributed by atoms with Gasteiger partial charge in [0.2, 0.25) is 0 Å². The molecule has 0 radical (unpaired) electrons. The summed E-state index contributed by atoms with van der Waals surface area (Å²) in [6, 6.07) is 7.41. The van der Waals surface area contributed by atoms with Crippen LogP contribution >= 0.6 is 0 Å². The van der Waals surface area contributed by atoms with Crippen LogP contribution in [0.2, 0.25) is 0 Å². The molecule has 1 aromatic carbocycles. The summed E-state index contributed by atoms with van der Waals surface area (Å²) in [4.78, 5) is 3.92. The Hall–Kier alpha value is -1.58. The quantitative estimate of drug-likeness (QED) is 0.649. The molecule has 4 heteroatoms. The minimum absolute atomic E-state index is 0.0185. The third-order valence-corrected chi connectivity index (χ3v) is 2.16. The summed E-state index contributed by atoms with van der Waals surface area (Å²) in [5.74, 6) is 0. The van der Waals surface area contributed by atoms with Gasteiger partial charge in [0.15, 0.2) is 0 Å². The van der Waals surface area contributed by atoms with Crippen LogP contribution in [0.4, 0.5) is 13.2 Å². The normalized spacial score (nSPS) is 12.0. The molecular formula is C11H8F3N. The number of alkyl halides is 3. The van der Waals surface area contributed by atoms with Crippen LogP contribution in [-0.2, 0) is 6.18 Å². The lowest BCUT2D eigenvalue weighted by atomic mass is 10.1. The van der Waals surface area contributed by atoms with Gasteiger partial charge < -0.3 is 0 Å². The van der Waals surface area contributed by atoms with Gasteiger partial charge in [-0.3, -0.25) is 4.98 Å². The summed E-state index contributed by atoms with van der Waals surface area (Å²) in [5.41, 5.74) is -0.0760. The number of nitrogens with zero attached hydrogens (tertiary/aromatic N) is 1. The summed E-state index contributed by atoms with van der Waals surface area (Å²) >= 11 is 0. The minimum Gasteiger partial charge on any atom is -0.253 e. The number of hydrogen-bond acceptors (Lipinski definition) is 1. The van der Waals surface area contributed by atoms with Crippen LogP contribution in [0.25, 0.3) is 10.9 Å². The van der Waals surface area contributed by atoms with Gasteiger partial charge in [-0.1, -0.05) is 18.2 Å². The molecule has 78 valence electrons. The lowest BCUT2D eigenvalue weighted by Crippen LogP contribution is -2.06. The van der Waals surface area contributed by atoms with E-state index < -0.39 is 11.7 Å². The first-order valence-electron chi connectivity index (χ1n) is 4.42. The van der Waals surface area contributed by atoms with Crippen molar-refractivity contribution < 1.29 is 13.2 Å². The SMILES string of the molecule is Cc1ccc2cccc(C(F)(F)F)c2n1. The molecule has 0 aliphatic rings. The Morgan fingerprint density at radius 3 is 2.47 bits per heavy atom. The molecule has 0 saturated heterocycles. The highest BCUT2D eigenvalue weighted by atomic mass is 19.4. The van der Waals surface area contributed by atoms with E-state index in [1.807, 2.05) is 0 Å². The van der Waals surface area contributed by atoms with Crippen LogP contribution in [0.15, 0.2) is 30.3 Å². The van der Waals surface area contributed by atoms with E-state index in [0.29, 0.717) is 11.1 Å². The molecule has 1 heterocycles. The number of aryl methyl sites for hydroxylation is 1. The first-order valence-corrected chi connectivity index (χ1v) is 4.42. The molecule has 2 rings (SSSR count). The molecule has 0 atom stereocenters. The van der Waals surface area contributed by atoms with Gasteiger partial charge in [0.25, 0.3) is 0 Å². The van der Waals surface area contributed by atoms with E-state index in [9.17, 15) is 13.2 Å². The summed E-state index contributed by atoms with van der Waals surface area (Å²) in [5, 5.41) is 0.510. The van der Waals surface area contributed by atoms with Crippen LogP contribution in [0.5, 0.6) is 0 Å². The molecule has 15 heavy (non-hydrogen) atoms. The largest absolute Gasteiger partial charge is 0.418 e. The second kappa shape index (κ2) is 3.22. The van der Waals surface area contributed by atoms with Crippen LogP contribution < -0.4 is 0 Å². The topological polar surface area (TPSA) is 12.9 Å². The van der Waals surface area contributed by atoms with E-state index in [0.717, 1.165) is 6.07 Å². The average Bonchev–Trinajstić information content (AvgIpc) is 2.15. The zero-order valence-electron chi connectivity index (χ0n) is 7.97. The Bertz CT molecular complexity index is 503. The Balaban J connectivity index is 2.80. The van der Waals surface area contributed by atoms with Crippen molar-refractivity contribution in [1.29, 1.82) is 0 Å². The van der Waals surface area contributed by atoms with E-state index in [1.165, 1.54) is 6.07 Å². The van der Waals surface area contributed by atoms with Gasteiger partial charge in [0, 0.05) is 11.1 Å². The molecule has 0 fully saturated rings. The zero-order chi connectivity index (χ0) is 11.1. The number of benzene rings is 1. The van der Waals surface area contributed by atoms with Crippen molar-refractivity contribution in [3.05, 3.63) is 41.6 Å². The highest BCUT2D eigenvalue weighted by molar-refractivity contribution is 5.82. The fourth-order valence-electron chi connectivity index (χ4n) is 1.47. The lowest BCUT2D eigenvalue weighted by Gasteiger charge is -2.09. The predicted molar refractivity (Wildman–Crippen MR) is 51.5 cm³/mol. The molecule has 1 nitrogen and oxygen atoms in total. The Morgan fingerprint density at radius 1 is 1.07 bits per heavy atom. The van der Waals surface area contributed by atoms with Crippen LogP contribution in [0.3, 0.4) is 0 Å². The van der Waals surface area contributed by atoms with Gasteiger partial charge in [0.05, 0.1) is 11.1 Å². The van der Waals surface area contributed by atoms with Crippen molar-refractivity contribution in [1.82, 2.24) is 4.98 Å². The molecule has 0 spiro atoms. The maximum absolute atomic E-state index is 12.6. The van der Waals surface area contributed by atoms with Crippen molar-refractivity contribution in [2.45, 2.75) is 13.1 Å². The number of halogens is 3. The van der Waals surface area contributed by atoms with Crippen LogP contribution in [-0.4, -0.2) is 4.98 Å².